The molecule has 0 saturated heterocycles. The highest BCUT2D eigenvalue weighted by Gasteiger charge is 2.19. The number of aryl methyl sites for hydroxylation is 2. The van der Waals surface area contributed by atoms with Crippen molar-refractivity contribution in [3.05, 3.63) is 28.5 Å². The molecule has 0 fully saturated rings. The highest BCUT2D eigenvalue weighted by atomic mass is 32.1. The zero-order valence-corrected chi connectivity index (χ0v) is 12.7. The number of nitrogens with one attached hydrogen (secondary N) is 1. The lowest BCUT2D eigenvalue weighted by atomic mass is 10.0. The Kier molecular flexibility index (Phi) is 4.66. The molecule has 0 amide bonds. The number of hydrogen-bond donors (Lipinski definition) is 1. The summed E-state index contributed by atoms with van der Waals surface area (Å²) in [5.41, 5.74) is 2.39. The van der Waals surface area contributed by atoms with Gasteiger partial charge in [0.25, 0.3) is 0 Å². The topological polar surface area (TPSA) is 55.6 Å². The van der Waals surface area contributed by atoms with E-state index in [1.165, 1.54) is 22.0 Å². The molecule has 19 heavy (non-hydrogen) atoms. The van der Waals surface area contributed by atoms with Crippen molar-refractivity contribution < 1.29 is 0 Å². The molecular formula is C13H21N5S. The molecule has 1 unspecified atom stereocenters. The number of nitrogens with zero attached hydrogens (tertiary/aromatic N) is 4. The van der Waals surface area contributed by atoms with Crippen LogP contribution < -0.4 is 5.32 Å². The first-order valence-electron chi connectivity index (χ1n) is 6.58. The van der Waals surface area contributed by atoms with E-state index in [9.17, 15) is 0 Å². The third-order valence-electron chi connectivity index (χ3n) is 3.23. The van der Waals surface area contributed by atoms with Crippen molar-refractivity contribution in [2.75, 3.05) is 7.05 Å². The molecule has 0 aliphatic rings. The minimum atomic E-state index is 0.317. The van der Waals surface area contributed by atoms with E-state index in [0.717, 1.165) is 18.5 Å². The Balaban J connectivity index is 2.05. The van der Waals surface area contributed by atoms with E-state index in [-0.39, 0.29) is 0 Å². The molecule has 6 heteroatoms. The molecule has 1 N–H and O–H groups in total. The fourth-order valence-electron chi connectivity index (χ4n) is 2.17. The second kappa shape index (κ2) is 6.25. The molecule has 2 aromatic rings. The van der Waals surface area contributed by atoms with Crippen LogP contribution in [0, 0.1) is 0 Å². The first-order valence-corrected chi connectivity index (χ1v) is 7.36. The van der Waals surface area contributed by atoms with Crippen LogP contribution in [0.1, 0.15) is 48.4 Å². The van der Waals surface area contributed by atoms with Crippen molar-refractivity contribution in [1.82, 2.24) is 24.7 Å². The van der Waals surface area contributed by atoms with Gasteiger partial charge in [0.05, 0.1) is 16.8 Å². The summed E-state index contributed by atoms with van der Waals surface area (Å²) in [6.45, 7) is 4.32. The summed E-state index contributed by atoms with van der Waals surface area (Å²) in [4.78, 5) is 1.27. The molecule has 2 rings (SSSR count). The first kappa shape index (κ1) is 14.1. The van der Waals surface area contributed by atoms with E-state index in [1.807, 2.05) is 25.0 Å². The van der Waals surface area contributed by atoms with Crippen molar-refractivity contribution in [2.24, 2.45) is 7.05 Å². The third kappa shape index (κ3) is 3.39. The van der Waals surface area contributed by atoms with Gasteiger partial charge < -0.3 is 5.32 Å². The number of hydrogen-bond acceptors (Lipinski definition) is 5. The Labute approximate surface area is 118 Å². The Morgan fingerprint density at radius 1 is 1.42 bits per heavy atom. The lowest BCUT2D eigenvalue weighted by Crippen LogP contribution is -2.17. The largest absolute Gasteiger partial charge is 0.312 e. The molecule has 0 aliphatic carbocycles. The van der Waals surface area contributed by atoms with Crippen LogP contribution in [0.4, 0.5) is 0 Å². The van der Waals surface area contributed by atoms with Crippen molar-refractivity contribution >= 4 is 11.5 Å². The van der Waals surface area contributed by atoms with Crippen molar-refractivity contribution in [3.8, 4) is 0 Å². The Morgan fingerprint density at radius 2 is 2.21 bits per heavy atom. The molecule has 2 aromatic heterocycles. The molecule has 0 aliphatic heterocycles. The van der Waals surface area contributed by atoms with Crippen molar-refractivity contribution in [2.45, 2.75) is 38.6 Å². The van der Waals surface area contributed by atoms with Gasteiger partial charge in [-0.2, -0.15) is 5.10 Å². The van der Waals surface area contributed by atoms with E-state index < -0.39 is 0 Å². The lowest BCUT2D eigenvalue weighted by Gasteiger charge is -2.15. The molecule has 1 atom stereocenters. The fraction of sp³-hybridized carbons (Fsp3) is 0.615. The monoisotopic (exact) mass is 279 g/mol. The maximum atomic E-state index is 4.26. The van der Waals surface area contributed by atoms with Gasteiger partial charge in [0.15, 0.2) is 0 Å². The highest BCUT2D eigenvalue weighted by molar-refractivity contribution is 7.05. The Morgan fingerprint density at radius 3 is 2.79 bits per heavy atom. The molecule has 0 bridgehead atoms. The second-order valence-electron chi connectivity index (χ2n) is 5.08. The van der Waals surface area contributed by atoms with Crippen LogP contribution in [0.5, 0.6) is 0 Å². The maximum Gasteiger partial charge on any atom is 0.0829 e. The average Bonchev–Trinajstić information content (AvgIpc) is 2.99. The highest BCUT2D eigenvalue weighted by Crippen LogP contribution is 2.28. The van der Waals surface area contributed by atoms with Gasteiger partial charge in [-0.05, 0) is 42.9 Å². The van der Waals surface area contributed by atoms with E-state index >= 15 is 0 Å². The lowest BCUT2D eigenvalue weighted by molar-refractivity contribution is 0.548. The van der Waals surface area contributed by atoms with Crippen LogP contribution in [0.3, 0.4) is 0 Å². The summed E-state index contributed by atoms with van der Waals surface area (Å²) in [5, 5.41) is 11.8. The minimum Gasteiger partial charge on any atom is -0.312 e. The molecule has 0 spiro atoms. The molecule has 2 heterocycles. The van der Waals surface area contributed by atoms with Gasteiger partial charge in [0.1, 0.15) is 0 Å². The zero-order valence-electron chi connectivity index (χ0n) is 11.9. The minimum absolute atomic E-state index is 0.317. The predicted octanol–water partition coefficient (Wildman–Crippen LogP) is 2.29. The SMILES string of the molecule is CNC(CCc1cnn(C)c1)c1snnc1C(C)C. The van der Waals surface area contributed by atoms with Crippen molar-refractivity contribution in [1.29, 1.82) is 0 Å². The molecule has 5 nitrogen and oxygen atoms in total. The number of rotatable bonds is 6. The van der Waals surface area contributed by atoms with Crippen LogP contribution in [0.25, 0.3) is 0 Å². The van der Waals surface area contributed by atoms with E-state index in [2.05, 4.69) is 40.0 Å². The van der Waals surface area contributed by atoms with Gasteiger partial charge in [-0.15, -0.1) is 5.10 Å². The van der Waals surface area contributed by atoms with E-state index in [0.29, 0.717) is 12.0 Å². The molecule has 104 valence electrons. The Hall–Kier alpha value is -1.27. The standard InChI is InChI=1S/C13H21N5S/c1-9(2)12-13(19-17-16-12)11(14-3)6-5-10-7-15-18(4)8-10/h7-9,11,14H,5-6H2,1-4H3. The van der Waals surface area contributed by atoms with Crippen LogP contribution in [0.2, 0.25) is 0 Å². The Bertz CT molecular complexity index is 517. The van der Waals surface area contributed by atoms with Crippen LogP contribution in [-0.4, -0.2) is 26.4 Å². The van der Waals surface area contributed by atoms with E-state index in [4.69, 9.17) is 0 Å². The number of aromatic nitrogens is 4. The first-order chi connectivity index (χ1) is 9.11. The summed E-state index contributed by atoms with van der Waals surface area (Å²) in [6.07, 6.45) is 6.04. The molecule has 0 radical (unpaired) electrons. The predicted molar refractivity (Wildman–Crippen MR) is 77.3 cm³/mol. The summed E-state index contributed by atoms with van der Waals surface area (Å²) in [5.74, 6) is 0.419. The summed E-state index contributed by atoms with van der Waals surface area (Å²) < 4.78 is 5.95. The average molecular weight is 279 g/mol. The van der Waals surface area contributed by atoms with Gasteiger partial charge in [-0.25, -0.2) is 0 Å². The summed E-state index contributed by atoms with van der Waals surface area (Å²) in [7, 11) is 3.95. The van der Waals surface area contributed by atoms with Gasteiger partial charge in [-0.1, -0.05) is 18.3 Å². The smallest absolute Gasteiger partial charge is 0.0829 e. The maximum absolute atomic E-state index is 4.26. The quantitative estimate of drug-likeness (QED) is 0.881. The zero-order chi connectivity index (χ0) is 13.8. The fourth-order valence-corrected chi connectivity index (χ4v) is 3.11. The van der Waals surface area contributed by atoms with Crippen molar-refractivity contribution in [3.63, 3.8) is 0 Å². The summed E-state index contributed by atoms with van der Waals surface area (Å²) in [6, 6.07) is 0.317. The molecule has 0 saturated carbocycles. The second-order valence-corrected chi connectivity index (χ2v) is 5.87. The van der Waals surface area contributed by atoms with Gasteiger partial charge in [-0.3, -0.25) is 4.68 Å². The third-order valence-corrected chi connectivity index (χ3v) is 4.09. The van der Waals surface area contributed by atoms with E-state index in [1.54, 1.807) is 0 Å². The van der Waals surface area contributed by atoms with Crippen LogP contribution in [-0.2, 0) is 13.5 Å². The summed E-state index contributed by atoms with van der Waals surface area (Å²) >= 11 is 1.51. The van der Waals surface area contributed by atoms with Gasteiger partial charge in [0.2, 0.25) is 0 Å². The van der Waals surface area contributed by atoms with Crippen LogP contribution in [0.15, 0.2) is 12.4 Å². The molecule has 0 aromatic carbocycles. The van der Waals surface area contributed by atoms with Gasteiger partial charge in [0, 0.05) is 19.3 Å². The van der Waals surface area contributed by atoms with Gasteiger partial charge >= 0.3 is 0 Å². The van der Waals surface area contributed by atoms with Crippen LogP contribution >= 0.6 is 11.5 Å². The normalized spacial score (nSPS) is 13.1. The molecular weight excluding hydrogens is 258 g/mol.